The van der Waals surface area contributed by atoms with E-state index in [1.165, 1.54) is 0 Å². The van der Waals surface area contributed by atoms with Gasteiger partial charge in [0.05, 0.1) is 17.8 Å². The third-order valence-corrected chi connectivity index (χ3v) is 3.34. The van der Waals surface area contributed by atoms with Gasteiger partial charge in [-0.15, -0.1) is 0 Å². The van der Waals surface area contributed by atoms with Gasteiger partial charge in [0.25, 0.3) is 0 Å². The lowest BCUT2D eigenvalue weighted by molar-refractivity contribution is 0.415. The summed E-state index contributed by atoms with van der Waals surface area (Å²) in [5.74, 6) is 2.24. The molecule has 0 radical (unpaired) electrons. The fourth-order valence-electron chi connectivity index (χ4n) is 2.06. The van der Waals surface area contributed by atoms with Gasteiger partial charge in [-0.1, -0.05) is 17.7 Å². The van der Waals surface area contributed by atoms with Crippen LogP contribution in [0.25, 0.3) is 11.3 Å². The van der Waals surface area contributed by atoms with E-state index in [4.69, 9.17) is 16.3 Å². The van der Waals surface area contributed by atoms with Crippen molar-refractivity contribution in [2.45, 2.75) is 20.8 Å². The summed E-state index contributed by atoms with van der Waals surface area (Å²) in [5, 5.41) is 3.85. The Kier molecular flexibility index (Phi) is 4.45. The minimum absolute atomic E-state index is 0.589. The number of rotatable bonds is 4. The highest BCUT2D eigenvalue weighted by Crippen LogP contribution is 2.32. The zero-order chi connectivity index (χ0) is 14.7. The molecule has 4 nitrogen and oxygen atoms in total. The van der Waals surface area contributed by atoms with Gasteiger partial charge in [0.1, 0.15) is 17.4 Å². The molecule has 1 aromatic carbocycles. The normalized spacial score (nSPS) is 10.4. The Balaban J connectivity index is 2.57. The summed E-state index contributed by atoms with van der Waals surface area (Å²) < 4.78 is 5.26. The molecule has 20 heavy (non-hydrogen) atoms. The zero-order valence-electron chi connectivity index (χ0n) is 12.1. The van der Waals surface area contributed by atoms with Crippen molar-refractivity contribution in [1.29, 1.82) is 0 Å². The second-order valence-corrected chi connectivity index (χ2v) is 4.88. The maximum Gasteiger partial charge on any atom is 0.138 e. The lowest BCUT2D eigenvalue weighted by Crippen LogP contribution is -2.06. The van der Waals surface area contributed by atoms with Gasteiger partial charge in [0.2, 0.25) is 0 Å². The van der Waals surface area contributed by atoms with Crippen molar-refractivity contribution < 1.29 is 4.74 Å². The summed E-state index contributed by atoms with van der Waals surface area (Å²) in [6.45, 7) is 6.76. The number of anilines is 1. The Morgan fingerprint density at radius 2 is 2.00 bits per heavy atom. The number of methoxy groups -OCH3 is 1. The van der Waals surface area contributed by atoms with Crippen LogP contribution in [0.5, 0.6) is 5.75 Å². The number of nitrogens with zero attached hydrogens (tertiary/aromatic N) is 2. The van der Waals surface area contributed by atoms with Crippen molar-refractivity contribution in [3.8, 4) is 17.0 Å². The molecule has 1 N–H and O–H groups in total. The van der Waals surface area contributed by atoms with E-state index in [1.807, 2.05) is 39.0 Å². The summed E-state index contributed by atoms with van der Waals surface area (Å²) in [7, 11) is 1.60. The van der Waals surface area contributed by atoms with Gasteiger partial charge in [-0.25, -0.2) is 9.97 Å². The molecular weight excluding hydrogens is 274 g/mol. The van der Waals surface area contributed by atoms with E-state index in [2.05, 4.69) is 15.3 Å². The molecule has 2 aromatic rings. The Labute approximate surface area is 124 Å². The lowest BCUT2D eigenvalue weighted by atomic mass is 10.1. The van der Waals surface area contributed by atoms with Gasteiger partial charge < -0.3 is 10.1 Å². The van der Waals surface area contributed by atoms with Crippen molar-refractivity contribution in [1.82, 2.24) is 9.97 Å². The van der Waals surface area contributed by atoms with Crippen molar-refractivity contribution in [2.24, 2.45) is 0 Å². The first-order chi connectivity index (χ1) is 9.56. The molecule has 0 aliphatic carbocycles. The Morgan fingerprint density at radius 1 is 1.25 bits per heavy atom. The van der Waals surface area contributed by atoms with E-state index < -0.39 is 0 Å². The van der Waals surface area contributed by atoms with E-state index in [0.717, 1.165) is 35.0 Å². The SMILES string of the molecule is CCNc1nc(C)nc(-c2ccc(Cl)c(OC)c2)c1C. The molecule has 0 bridgehead atoms. The predicted octanol–water partition coefficient (Wildman–Crippen LogP) is 3.85. The summed E-state index contributed by atoms with van der Waals surface area (Å²) in [4.78, 5) is 8.97. The first-order valence-corrected chi connectivity index (χ1v) is 6.87. The van der Waals surface area contributed by atoms with Gasteiger partial charge >= 0.3 is 0 Å². The predicted molar refractivity (Wildman–Crippen MR) is 82.7 cm³/mol. The molecule has 1 heterocycles. The monoisotopic (exact) mass is 291 g/mol. The molecule has 2 rings (SSSR count). The Morgan fingerprint density at radius 3 is 2.65 bits per heavy atom. The minimum Gasteiger partial charge on any atom is -0.495 e. The highest BCUT2D eigenvalue weighted by atomic mass is 35.5. The Bertz CT molecular complexity index is 629. The third-order valence-electron chi connectivity index (χ3n) is 3.03. The van der Waals surface area contributed by atoms with Crippen LogP contribution in [0.1, 0.15) is 18.3 Å². The van der Waals surface area contributed by atoms with Gasteiger partial charge in [-0.3, -0.25) is 0 Å². The second-order valence-electron chi connectivity index (χ2n) is 4.47. The molecule has 1 aromatic heterocycles. The number of aryl methyl sites for hydroxylation is 1. The average molecular weight is 292 g/mol. The summed E-state index contributed by atoms with van der Waals surface area (Å²) in [5.41, 5.74) is 2.87. The van der Waals surface area contributed by atoms with Crippen LogP contribution in [-0.4, -0.2) is 23.6 Å². The minimum atomic E-state index is 0.589. The molecular formula is C15H18ClN3O. The third kappa shape index (κ3) is 2.85. The summed E-state index contributed by atoms with van der Waals surface area (Å²) in [6.07, 6.45) is 0. The first kappa shape index (κ1) is 14.6. The van der Waals surface area contributed by atoms with Crippen LogP contribution in [0.4, 0.5) is 5.82 Å². The van der Waals surface area contributed by atoms with Crippen molar-refractivity contribution in [2.75, 3.05) is 19.0 Å². The van der Waals surface area contributed by atoms with Crippen LogP contribution in [0.2, 0.25) is 5.02 Å². The second kappa shape index (κ2) is 6.09. The summed E-state index contributed by atoms with van der Waals surface area (Å²) >= 11 is 6.07. The van der Waals surface area contributed by atoms with Gasteiger partial charge in [0.15, 0.2) is 0 Å². The number of halogens is 1. The fraction of sp³-hybridized carbons (Fsp3) is 0.333. The molecule has 0 fully saturated rings. The van der Waals surface area contributed by atoms with E-state index in [1.54, 1.807) is 7.11 Å². The highest BCUT2D eigenvalue weighted by Gasteiger charge is 2.12. The topological polar surface area (TPSA) is 47.0 Å². The number of benzene rings is 1. The molecule has 0 amide bonds. The van der Waals surface area contributed by atoms with Gasteiger partial charge in [-0.05, 0) is 32.9 Å². The highest BCUT2D eigenvalue weighted by molar-refractivity contribution is 6.32. The zero-order valence-corrected chi connectivity index (χ0v) is 12.9. The van der Waals surface area contributed by atoms with E-state index in [0.29, 0.717) is 10.8 Å². The molecule has 5 heteroatoms. The fourth-order valence-corrected chi connectivity index (χ4v) is 2.25. The number of hydrogen-bond acceptors (Lipinski definition) is 4. The average Bonchev–Trinajstić information content (AvgIpc) is 2.43. The Hall–Kier alpha value is -1.81. The number of aromatic nitrogens is 2. The van der Waals surface area contributed by atoms with Crippen LogP contribution in [0, 0.1) is 13.8 Å². The van der Waals surface area contributed by atoms with Crippen LogP contribution in [0.3, 0.4) is 0 Å². The maximum absolute atomic E-state index is 6.07. The largest absolute Gasteiger partial charge is 0.495 e. The van der Waals surface area contributed by atoms with E-state index >= 15 is 0 Å². The molecule has 0 saturated heterocycles. The van der Waals surface area contributed by atoms with Crippen LogP contribution < -0.4 is 10.1 Å². The molecule has 0 atom stereocenters. The molecule has 0 saturated carbocycles. The quantitative estimate of drug-likeness (QED) is 0.929. The van der Waals surface area contributed by atoms with Crippen molar-refractivity contribution in [3.63, 3.8) is 0 Å². The van der Waals surface area contributed by atoms with Gasteiger partial charge in [0, 0.05) is 17.7 Å². The number of hydrogen-bond donors (Lipinski definition) is 1. The van der Waals surface area contributed by atoms with E-state index in [9.17, 15) is 0 Å². The molecule has 0 aliphatic rings. The van der Waals surface area contributed by atoms with Crippen LogP contribution in [-0.2, 0) is 0 Å². The smallest absolute Gasteiger partial charge is 0.138 e. The van der Waals surface area contributed by atoms with E-state index in [-0.39, 0.29) is 0 Å². The number of ether oxygens (including phenoxy) is 1. The maximum atomic E-state index is 6.07. The molecule has 0 spiro atoms. The standard InChI is InChI=1S/C15H18ClN3O/c1-5-17-15-9(2)14(18-10(3)19-15)11-6-7-12(16)13(8-11)20-4/h6-8H,5H2,1-4H3,(H,17,18,19). The van der Waals surface area contributed by atoms with Gasteiger partial charge in [-0.2, -0.15) is 0 Å². The van der Waals surface area contributed by atoms with Crippen molar-refractivity contribution >= 4 is 17.4 Å². The molecule has 0 aliphatic heterocycles. The lowest BCUT2D eigenvalue weighted by Gasteiger charge is -2.13. The van der Waals surface area contributed by atoms with Crippen molar-refractivity contribution in [3.05, 3.63) is 34.6 Å². The summed E-state index contributed by atoms with van der Waals surface area (Å²) in [6, 6.07) is 5.65. The molecule has 0 unspecified atom stereocenters. The molecule has 106 valence electrons. The number of nitrogens with one attached hydrogen (secondary N) is 1. The van der Waals surface area contributed by atoms with Crippen LogP contribution >= 0.6 is 11.6 Å². The first-order valence-electron chi connectivity index (χ1n) is 6.49. The van der Waals surface area contributed by atoms with Crippen LogP contribution in [0.15, 0.2) is 18.2 Å².